The quantitative estimate of drug-likeness (QED) is 0.768. The van der Waals surface area contributed by atoms with Crippen LogP contribution in [0.5, 0.6) is 0 Å². The lowest BCUT2D eigenvalue weighted by Gasteiger charge is -2.32. The predicted molar refractivity (Wildman–Crippen MR) is 99.1 cm³/mol. The van der Waals surface area contributed by atoms with E-state index >= 15 is 0 Å². The summed E-state index contributed by atoms with van der Waals surface area (Å²) >= 11 is 12.0. The molecule has 0 amide bonds. The first-order valence-electron chi connectivity index (χ1n) is 8.02. The Morgan fingerprint density at radius 2 is 1.62 bits per heavy atom. The number of ketones is 1. The molecule has 24 heavy (non-hydrogen) atoms. The summed E-state index contributed by atoms with van der Waals surface area (Å²) in [6, 6.07) is 12.8. The summed E-state index contributed by atoms with van der Waals surface area (Å²) in [5.41, 5.74) is 2.34. The summed E-state index contributed by atoms with van der Waals surface area (Å²) in [6.07, 6.45) is 0. The van der Waals surface area contributed by atoms with Gasteiger partial charge in [-0.2, -0.15) is 0 Å². The largest absolute Gasteiger partial charge is 0.304 e. The topological polar surface area (TPSA) is 23.6 Å². The molecule has 0 saturated carbocycles. The lowest BCUT2D eigenvalue weighted by atomic mass is 10.0. The van der Waals surface area contributed by atoms with E-state index in [4.69, 9.17) is 23.2 Å². The summed E-state index contributed by atoms with van der Waals surface area (Å²) in [4.78, 5) is 17.4. The van der Waals surface area contributed by atoms with Crippen LogP contribution in [0.2, 0.25) is 10.0 Å². The number of piperazine rings is 1. The van der Waals surface area contributed by atoms with E-state index in [2.05, 4.69) is 22.9 Å². The molecular formula is C19H20Cl2N2O. The normalized spacial score (nSPS) is 16.3. The minimum Gasteiger partial charge on any atom is -0.304 e. The van der Waals surface area contributed by atoms with Crippen molar-refractivity contribution in [2.24, 2.45) is 0 Å². The van der Waals surface area contributed by atoms with E-state index in [0.717, 1.165) is 38.3 Å². The molecule has 1 fully saturated rings. The van der Waals surface area contributed by atoms with Gasteiger partial charge in [-0.1, -0.05) is 41.4 Å². The van der Waals surface area contributed by atoms with Crippen LogP contribution in [0.15, 0.2) is 42.5 Å². The standard InChI is InChI=1S/C19H20Cl2N2O/c1-22-5-7-23(8-6-22)13-14-3-2-4-15(9-14)19(24)16-10-17(20)12-18(21)11-16/h2-4,9-12H,5-8,13H2,1H3. The maximum Gasteiger partial charge on any atom is 0.193 e. The Labute approximate surface area is 152 Å². The second-order valence-corrected chi connectivity index (χ2v) is 7.14. The number of likely N-dealkylation sites (N-methyl/N-ethyl adjacent to an activating group) is 1. The number of hydrogen-bond donors (Lipinski definition) is 0. The predicted octanol–water partition coefficient (Wildman–Crippen LogP) is 3.97. The van der Waals surface area contributed by atoms with E-state index in [1.54, 1.807) is 18.2 Å². The van der Waals surface area contributed by atoms with Gasteiger partial charge in [-0.15, -0.1) is 0 Å². The molecule has 3 rings (SSSR count). The summed E-state index contributed by atoms with van der Waals surface area (Å²) < 4.78 is 0. The van der Waals surface area contributed by atoms with Crippen molar-refractivity contribution >= 4 is 29.0 Å². The van der Waals surface area contributed by atoms with Gasteiger partial charge < -0.3 is 4.90 Å². The monoisotopic (exact) mass is 362 g/mol. The van der Waals surface area contributed by atoms with Gasteiger partial charge in [-0.25, -0.2) is 0 Å². The number of benzene rings is 2. The van der Waals surface area contributed by atoms with Gasteiger partial charge in [-0.05, 0) is 36.9 Å². The molecule has 126 valence electrons. The molecule has 3 nitrogen and oxygen atoms in total. The molecule has 1 heterocycles. The zero-order chi connectivity index (χ0) is 17.1. The second kappa shape index (κ2) is 7.66. The lowest BCUT2D eigenvalue weighted by molar-refractivity contribution is 0.103. The Kier molecular flexibility index (Phi) is 5.57. The van der Waals surface area contributed by atoms with Crippen LogP contribution in [0.3, 0.4) is 0 Å². The molecular weight excluding hydrogens is 343 g/mol. The molecule has 0 N–H and O–H groups in total. The summed E-state index contributed by atoms with van der Waals surface area (Å²) in [5.74, 6) is -0.0559. The Hall–Kier alpha value is -1.39. The van der Waals surface area contributed by atoms with E-state index in [0.29, 0.717) is 21.2 Å². The van der Waals surface area contributed by atoms with Crippen LogP contribution in [-0.4, -0.2) is 48.8 Å². The number of carbonyl (C=O) groups excluding carboxylic acids is 1. The minimum atomic E-state index is -0.0559. The fraction of sp³-hybridized carbons (Fsp3) is 0.316. The van der Waals surface area contributed by atoms with Gasteiger partial charge >= 0.3 is 0 Å². The minimum absolute atomic E-state index is 0.0559. The van der Waals surface area contributed by atoms with Crippen molar-refractivity contribution < 1.29 is 4.79 Å². The molecule has 0 aromatic heterocycles. The van der Waals surface area contributed by atoms with Crippen LogP contribution in [0, 0.1) is 0 Å². The third-order valence-electron chi connectivity index (χ3n) is 4.32. The summed E-state index contributed by atoms with van der Waals surface area (Å²) in [7, 11) is 2.15. The van der Waals surface area contributed by atoms with E-state index in [1.807, 2.05) is 18.2 Å². The molecule has 1 aliphatic rings. The summed E-state index contributed by atoms with van der Waals surface area (Å²) in [6.45, 7) is 5.14. The average Bonchev–Trinajstić information content (AvgIpc) is 2.56. The number of rotatable bonds is 4. The van der Waals surface area contributed by atoms with Crippen LogP contribution < -0.4 is 0 Å². The smallest absolute Gasteiger partial charge is 0.193 e. The van der Waals surface area contributed by atoms with Crippen molar-refractivity contribution in [1.29, 1.82) is 0 Å². The molecule has 1 aliphatic heterocycles. The van der Waals surface area contributed by atoms with Gasteiger partial charge in [0.2, 0.25) is 0 Å². The Morgan fingerprint density at radius 1 is 0.958 bits per heavy atom. The van der Waals surface area contributed by atoms with Gasteiger partial charge in [0.1, 0.15) is 0 Å². The Bertz CT molecular complexity index is 720. The van der Waals surface area contributed by atoms with Crippen molar-refractivity contribution in [3.8, 4) is 0 Å². The first-order chi connectivity index (χ1) is 11.5. The van der Waals surface area contributed by atoms with Crippen molar-refractivity contribution in [1.82, 2.24) is 9.80 Å². The molecule has 0 radical (unpaired) electrons. The van der Waals surface area contributed by atoms with Gasteiger partial charge in [0, 0.05) is 53.9 Å². The van der Waals surface area contributed by atoms with Crippen LogP contribution in [0.1, 0.15) is 21.5 Å². The van der Waals surface area contributed by atoms with Crippen molar-refractivity contribution in [3.63, 3.8) is 0 Å². The first kappa shape index (κ1) is 17.4. The molecule has 1 saturated heterocycles. The molecule has 5 heteroatoms. The highest BCUT2D eigenvalue weighted by atomic mass is 35.5. The highest BCUT2D eigenvalue weighted by Gasteiger charge is 2.15. The molecule has 0 atom stereocenters. The van der Waals surface area contributed by atoms with E-state index in [1.165, 1.54) is 0 Å². The maximum atomic E-state index is 12.7. The molecule has 0 aliphatic carbocycles. The second-order valence-electron chi connectivity index (χ2n) is 6.27. The van der Waals surface area contributed by atoms with Gasteiger partial charge in [0.25, 0.3) is 0 Å². The van der Waals surface area contributed by atoms with Gasteiger partial charge in [0.05, 0.1) is 0 Å². The Morgan fingerprint density at radius 3 is 2.29 bits per heavy atom. The number of nitrogens with zero attached hydrogens (tertiary/aromatic N) is 2. The van der Waals surface area contributed by atoms with Gasteiger partial charge in [0.15, 0.2) is 5.78 Å². The number of hydrogen-bond acceptors (Lipinski definition) is 3. The van der Waals surface area contributed by atoms with Gasteiger partial charge in [-0.3, -0.25) is 9.69 Å². The molecule has 2 aromatic carbocycles. The van der Waals surface area contributed by atoms with Crippen LogP contribution in [0.25, 0.3) is 0 Å². The van der Waals surface area contributed by atoms with Crippen LogP contribution >= 0.6 is 23.2 Å². The number of carbonyl (C=O) groups is 1. The molecule has 2 aromatic rings. The van der Waals surface area contributed by atoms with E-state index in [9.17, 15) is 4.79 Å². The highest BCUT2D eigenvalue weighted by Crippen LogP contribution is 2.22. The average molecular weight is 363 g/mol. The summed E-state index contributed by atoms with van der Waals surface area (Å²) in [5, 5.41) is 0.943. The number of halogens is 2. The zero-order valence-corrected chi connectivity index (χ0v) is 15.1. The zero-order valence-electron chi connectivity index (χ0n) is 13.6. The van der Waals surface area contributed by atoms with Crippen molar-refractivity contribution in [2.75, 3.05) is 33.2 Å². The van der Waals surface area contributed by atoms with Crippen molar-refractivity contribution in [3.05, 3.63) is 69.2 Å². The molecule has 0 spiro atoms. The van der Waals surface area contributed by atoms with Crippen LogP contribution in [0.4, 0.5) is 0 Å². The van der Waals surface area contributed by atoms with Crippen molar-refractivity contribution in [2.45, 2.75) is 6.54 Å². The SMILES string of the molecule is CN1CCN(Cc2cccc(C(=O)c3cc(Cl)cc(Cl)c3)c2)CC1. The molecule has 0 unspecified atom stereocenters. The fourth-order valence-electron chi connectivity index (χ4n) is 2.93. The maximum absolute atomic E-state index is 12.7. The lowest BCUT2D eigenvalue weighted by Crippen LogP contribution is -2.43. The van der Waals surface area contributed by atoms with E-state index < -0.39 is 0 Å². The Balaban J connectivity index is 1.76. The van der Waals surface area contributed by atoms with E-state index in [-0.39, 0.29) is 5.78 Å². The van der Waals surface area contributed by atoms with Crippen LogP contribution in [-0.2, 0) is 6.54 Å². The third-order valence-corrected chi connectivity index (χ3v) is 4.75. The molecule has 0 bridgehead atoms. The highest BCUT2D eigenvalue weighted by molar-refractivity contribution is 6.35. The third kappa shape index (κ3) is 4.37. The first-order valence-corrected chi connectivity index (χ1v) is 8.77. The fourth-order valence-corrected chi connectivity index (χ4v) is 3.45.